The number of likely N-dealkylation sites (tertiary alicyclic amines) is 1. The molecule has 0 aromatic carbocycles. The molecule has 0 unspecified atom stereocenters. The Morgan fingerprint density at radius 3 is 3.17 bits per heavy atom. The first-order valence-electron chi connectivity index (χ1n) is 7.69. The molecule has 0 spiro atoms. The number of pyridine rings is 1. The van der Waals surface area contributed by atoms with Gasteiger partial charge in [-0.3, -0.25) is 9.48 Å². The highest BCUT2D eigenvalue weighted by atomic mass is 16.2. The van der Waals surface area contributed by atoms with Gasteiger partial charge in [0, 0.05) is 18.9 Å². The lowest BCUT2D eigenvalue weighted by Gasteiger charge is -2.24. The van der Waals surface area contributed by atoms with Crippen LogP contribution in [-0.4, -0.2) is 53.3 Å². The number of imidazole rings is 1. The van der Waals surface area contributed by atoms with Crippen molar-refractivity contribution in [2.24, 2.45) is 0 Å². The fourth-order valence-electron chi connectivity index (χ4n) is 3.20. The van der Waals surface area contributed by atoms with Gasteiger partial charge in [0.2, 0.25) is 0 Å². The number of hydrogen-bond donors (Lipinski definition) is 1. The minimum Gasteiger partial charge on any atom is -0.340 e. The molecule has 0 radical (unpaired) electrons. The molecule has 8 nitrogen and oxygen atoms in total. The van der Waals surface area contributed by atoms with E-state index in [0.717, 1.165) is 25.2 Å². The molecule has 1 saturated heterocycles. The molecule has 1 aliphatic heterocycles. The van der Waals surface area contributed by atoms with Crippen molar-refractivity contribution in [3.63, 3.8) is 0 Å². The lowest BCUT2D eigenvalue weighted by Crippen LogP contribution is -2.38. The van der Waals surface area contributed by atoms with E-state index in [4.69, 9.17) is 0 Å². The number of carbonyl (C=O) groups excluding carboxylic acids is 1. The fourth-order valence-corrected chi connectivity index (χ4v) is 3.20. The van der Waals surface area contributed by atoms with E-state index in [1.54, 1.807) is 23.1 Å². The van der Waals surface area contributed by atoms with Crippen LogP contribution in [0, 0.1) is 6.92 Å². The summed E-state index contributed by atoms with van der Waals surface area (Å²) >= 11 is 0. The third-order valence-corrected chi connectivity index (χ3v) is 4.25. The van der Waals surface area contributed by atoms with E-state index in [9.17, 15) is 4.79 Å². The largest absolute Gasteiger partial charge is 0.340 e. The van der Waals surface area contributed by atoms with Gasteiger partial charge in [-0.1, -0.05) is 5.21 Å². The van der Waals surface area contributed by atoms with Gasteiger partial charge < -0.3 is 9.88 Å². The van der Waals surface area contributed by atoms with Gasteiger partial charge in [-0.05, 0) is 25.8 Å². The molecule has 4 heterocycles. The van der Waals surface area contributed by atoms with Crippen LogP contribution in [0.4, 0.5) is 0 Å². The summed E-state index contributed by atoms with van der Waals surface area (Å²) < 4.78 is 1.78. The predicted molar refractivity (Wildman–Crippen MR) is 82.7 cm³/mol. The number of fused-ring (bicyclic) bond motifs is 1. The second-order valence-electron chi connectivity index (χ2n) is 5.80. The van der Waals surface area contributed by atoms with Crippen LogP contribution in [0.1, 0.15) is 29.0 Å². The molecule has 23 heavy (non-hydrogen) atoms. The lowest BCUT2D eigenvalue weighted by atomic mass is 10.1. The van der Waals surface area contributed by atoms with Crippen LogP contribution >= 0.6 is 0 Å². The highest BCUT2D eigenvalue weighted by Gasteiger charge is 2.31. The zero-order chi connectivity index (χ0) is 15.8. The summed E-state index contributed by atoms with van der Waals surface area (Å²) in [5, 5.41) is 7.83. The SMILES string of the molecule is Cc1nc2nccc(C(=O)N3CCC[C@H]3Cn3ccnn3)c2[nH]1. The normalized spacial score (nSPS) is 18.0. The van der Waals surface area contributed by atoms with Crippen molar-refractivity contribution in [1.29, 1.82) is 0 Å². The number of rotatable bonds is 3. The minimum absolute atomic E-state index is 0.0173. The molecule has 1 aliphatic rings. The Bertz CT molecular complexity index is 839. The molecule has 4 rings (SSSR count). The molecule has 0 bridgehead atoms. The van der Waals surface area contributed by atoms with Crippen LogP contribution in [0.25, 0.3) is 11.2 Å². The van der Waals surface area contributed by atoms with Gasteiger partial charge >= 0.3 is 0 Å². The smallest absolute Gasteiger partial charge is 0.256 e. The second-order valence-corrected chi connectivity index (χ2v) is 5.80. The van der Waals surface area contributed by atoms with Crippen LogP contribution in [0.3, 0.4) is 0 Å². The van der Waals surface area contributed by atoms with Crippen LogP contribution in [0.2, 0.25) is 0 Å². The average molecular weight is 311 g/mol. The zero-order valence-electron chi connectivity index (χ0n) is 12.8. The van der Waals surface area contributed by atoms with Gasteiger partial charge in [-0.15, -0.1) is 5.10 Å². The van der Waals surface area contributed by atoms with Crippen molar-refractivity contribution in [2.75, 3.05) is 6.54 Å². The monoisotopic (exact) mass is 311 g/mol. The van der Waals surface area contributed by atoms with E-state index in [0.29, 0.717) is 23.3 Å². The van der Waals surface area contributed by atoms with E-state index in [1.165, 1.54) is 0 Å². The Balaban J connectivity index is 1.64. The molecule has 8 heteroatoms. The first kappa shape index (κ1) is 13.9. The van der Waals surface area contributed by atoms with Crippen molar-refractivity contribution in [2.45, 2.75) is 32.4 Å². The van der Waals surface area contributed by atoms with Gasteiger partial charge in [-0.25, -0.2) is 9.97 Å². The molecule has 118 valence electrons. The number of aromatic nitrogens is 6. The summed E-state index contributed by atoms with van der Waals surface area (Å²) in [4.78, 5) is 26.6. The Hall–Kier alpha value is -2.77. The molecule has 0 aliphatic carbocycles. The summed E-state index contributed by atoms with van der Waals surface area (Å²) in [6.07, 6.45) is 7.09. The standard InChI is InChI=1S/C15H17N7O/c1-10-18-13-12(4-5-16-14(13)19-10)15(23)22-7-2-3-11(22)9-21-8-6-17-20-21/h4-6,8,11H,2-3,7,9H2,1H3,(H,16,18,19)/t11-/m0/s1. The van der Waals surface area contributed by atoms with E-state index < -0.39 is 0 Å². The topological polar surface area (TPSA) is 92.6 Å². The second kappa shape index (κ2) is 5.45. The maximum atomic E-state index is 13.0. The summed E-state index contributed by atoms with van der Waals surface area (Å²) in [5.74, 6) is 0.775. The average Bonchev–Trinajstić information content (AvgIpc) is 3.26. The maximum absolute atomic E-state index is 13.0. The maximum Gasteiger partial charge on any atom is 0.256 e. The number of hydrogen-bond acceptors (Lipinski definition) is 5. The number of nitrogens with zero attached hydrogens (tertiary/aromatic N) is 6. The first-order chi connectivity index (χ1) is 11.2. The third-order valence-electron chi connectivity index (χ3n) is 4.25. The van der Waals surface area contributed by atoms with Gasteiger partial charge in [0.15, 0.2) is 5.65 Å². The molecule has 1 N–H and O–H groups in total. The molecule has 0 saturated carbocycles. The Morgan fingerprint density at radius 1 is 1.43 bits per heavy atom. The van der Waals surface area contributed by atoms with Crippen molar-refractivity contribution in [3.8, 4) is 0 Å². The highest BCUT2D eigenvalue weighted by molar-refractivity contribution is 6.04. The lowest BCUT2D eigenvalue weighted by molar-refractivity contribution is 0.0723. The Labute approximate surface area is 132 Å². The quantitative estimate of drug-likeness (QED) is 0.783. The van der Waals surface area contributed by atoms with E-state index in [1.807, 2.05) is 18.0 Å². The molecule has 1 amide bonds. The van der Waals surface area contributed by atoms with Crippen LogP contribution < -0.4 is 0 Å². The summed E-state index contributed by atoms with van der Waals surface area (Å²) in [5.41, 5.74) is 1.92. The molecule has 1 atom stereocenters. The Kier molecular flexibility index (Phi) is 3.29. The van der Waals surface area contributed by atoms with Crippen LogP contribution in [0.15, 0.2) is 24.7 Å². The zero-order valence-corrected chi connectivity index (χ0v) is 12.8. The van der Waals surface area contributed by atoms with Gasteiger partial charge in [0.05, 0.1) is 29.9 Å². The molecular weight excluding hydrogens is 294 g/mol. The number of amides is 1. The van der Waals surface area contributed by atoms with Crippen molar-refractivity contribution >= 4 is 17.1 Å². The third kappa shape index (κ3) is 2.45. The summed E-state index contributed by atoms with van der Waals surface area (Å²) in [6, 6.07) is 1.89. The number of aryl methyl sites for hydroxylation is 1. The van der Waals surface area contributed by atoms with Crippen LogP contribution in [-0.2, 0) is 6.54 Å². The molecule has 1 fully saturated rings. The van der Waals surface area contributed by atoms with Gasteiger partial charge in [-0.2, -0.15) is 0 Å². The highest BCUT2D eigenvalue weighted by Crippen LogP contribution is 2.23. The van der Waals surface area contributed by atoms with Crippen LogP contribution in [0.5, 0.6) is 0 Å². The molecular formula is C15H17N7O. The number of H-pyrrole nitrogens is 1. The molecule has 3 aromatic rings. The minimum atomic E-state index is 0.0173. The molecule has 3 aromatic heterocycles. The summed E-state index contributed by atoms with van der Waals surface area (Å²) in [6.45, 7) is 3.29. The van der Waals surface area contributed by atoms with E-state index in [2.05, 4.69) is 25.3 Å². The summed E-state index contributed by atoms with van der Waals surface area (Å²) in [7, 11) is 0. The van der Waals surface area contributed by atoms with Crippen molar-refractivity contribution in [1.82, 2.24) is 34.8 Å². The van der Waals surface area contributed by atoms with Gasteiger partial charge in [0.1, 0.15) is 5.82 Å². The first-order valence-corrected chi connectivity index (χ1v) is 7.69. The number of aromatic amines is 1. The van der Waals surface area contributed by atoms with Crippen molar-refractivity contribution in [3.05, 3.63) is 36.0 Å². The number of nitrogens with one attached hydrogen (secondary N) is 1. The number of carbonyl (C=O) groups is 1. The Morgan fingerprint density at radius 2 is 2.35 bits per heavy atom. The fraction of sp³-hybridized carbons (Fsp3) is 0.400. The van der Waals surface area contributed by atoms with E-state index in [-0.39, 0.29) is 11.9 Å². The van der Waals surface area contributed by atoms with Gasteiger partial charge in [0.25, 0.3) is 5.91 Å². The van der Waals surface area contributed by atoms with Crippen molar-refractivity contribution < 1.29 is 4.79 Å². The predicted octanol–water partition coefficient (Wildman–Crippen LogP) is 1.16. The van der Waals surface area contributed by atoms with E-state index >= 15 is 0 Å².